The third-order valence-electron chi connectivity index (χ3n) is 5.03. The lowest BCUT2D eigenvalue weighted by Gasteiger charge is -2.47. The zero-order chi connectivity index (χ0) is 13.4. The highest BCUT2D eigenvalue weighted by atomic mass is 16.4. The maximum Gasteiger partial charge on any atom is 0.335 e. The highest BCUT2D eigenvalue weighted by molar-refractivity contribution is 5.87. The number of benzene rings is 1. The highest BCUT2D eigenvalue weighted by Gasteiger charge is 2.37. The van der Waals surface area contributed by atoms with Gasteiger partial charge in [0.05, 0.1) is 5.56 Å². The number of carboxylic acid groups (broad SMARTS) is 1. The number of carboxylic acids is 1. The van der Waals surface area contributed by atoms with E-state index in [0.29, 0.717) is 11.5 Å². The molecule has 3 heterocycles. The minimum Gasteiger partial charge on any atom is -0.478 e. The third-order valence-corrected chi connectivity index (χ3v) is 5.03. The molecule has 1 aromatic rings. The minimum atomic E-state index is -0.845. The predicted octanol–water partition coefficient (Wildman–Crippen LogP) is 2.83. The fourth-order valence-corrected chi connectivity index (χ4v) is 3.75. The molecule has 3 nitrogen and oxygen atoms in total. The van der Waals surface area contributed by atoms with Crippen LogP contribution in [0.15, 0.2) is 24.3 Å². The van der Waals surface area contributed by atoms with Crippen LogP contribution in [0.5, 0.6) is 0 Å². The fourth-order valence-electron chi connectivity index (χ4n) is 3.75. The number of aromatic carboxylic acids is 1. The van der Waals surface area contributed by atoms with Crippen LogP contribution in [-0.2, 0) is 0 Å². The van der Waals surface area contributed by atoms with Crippen LogP contribution in [0.3, 0.4) is 0 Å². The van der Waals surface area contributed by atoms with E-state index in [9.17, 15) is 4.79 Å². The van der Waals surface area contributed by atoms with Crippen molar-refractivity contribution in [2.24, 2.45) is 11.8 Å². The van der Waals surface area contributed by atoms with Crippen LogP contribution in [0.2, 0.25) is 0 Å². The van der Waals surface area contributed by atoms with Gasteiger partial charge in [-0.05, 0) is 61.4 Å². The Labute approximate surface area is 114 Å². The van der Waals surface area contributed by atoms with Crippen molar-refractivity contribution in [3.8, 4) is 0 Å². The lowest BCUT2D eigenvalue weighted by atomic mass is 9.71. The first-order valence-corrected chi connectivity index (χ1v) is 7.21. The van der Waals surface area contributed by atoms with Gasteiger partial charge in [0.1, 0.15) is 0 Å². The quantitative estimate of drug-likeness (QED) is 0.907. The molecule has 3 aliphatic heterocycles. The molecule has 2 unspecified atom stereocenters. The summed E-state index contributed by atoms with van der Waals surface area (Å²) >= 11 is 0. The van der Waals surface area contributed by atoms with Gasteiger partial charge < -0.3 is 10.0 Å². The zero-order valence-corrected chi connectivity index (χ0v) is 11.4. The van der Waals surface area contributed by atoms with Gasteiger partial charge in [-0.15, -0.1) is 0 Å². The molecule has 0 aliphatic carbocycles. The molecule has 3 aliphatic rings. The van der Waals surface area contributed by atoms with Gasteiger partial charge in [0, 0.05) is 6.54 Å². The van der Waals surface area contributed by atoms with E-state index in [0.717, 1.165) is 11.8 Å². The lowest BCUT2D eigenvalue weighted by Crippen LogP contribution is -2.48. The van der Waals surface area contributed by atoms with E-state index < -0.39 is 5.97 Å². The molecule has 0 spiro atoms. The van der Waals surface area contributed by atoms with Crippen molar-refractivity contribution in [3.05, 3.63) is 35.4 Å². The number of carbonyl (C=O) groups is 1. The summed E-state index contributed by atoms with van der Waals surface area (Å²) in [5, 5.41) is 8.94. The van der Waals surface area contributed by atoms with Gasteiger partial charge in [-0.1, -0.05) is 19.1 Å². The van der Waals surface area contributed by atoms with E-state index >= 15 is 0 Å². The standard InChI is InChI=1S/C16H21NO2/c1-11(12-2-4-14(5-3-12)16(18)19)15-10-17-8-6-13(15)7-9-17/h2-5,11,13,15H,6-10H2,1H3,(H,18,19). The van der Waals surface area contributed by atoms with E-state index in [4.69, 9.17) is 5.11 Å². The lowest BCUT2D eigenvalue weighted by molar-refractivity contribution is 0.0395. The van der Waals surface area contributed by atoms with E-state index in [1.807, 2.05) is 12.1 Å². The Morgan fingerprint density at radius 3 is 2.37 bits per heavy atom. The van der Waals surface area contributed by atoms with Crippen LogP contribution in [0.25, 0.3) is 0 Å². The SMILES string of the molecule is CC(c1ccc(C(=O)O)cc1)C1CN2CCC1CC2. The largest absolute Gasteiger partial charge is 0.478 e. The molecule has 0 radical (unpaired) electrons. The van der Waals surface area contributed by atoms with Crippen molar-refractivity contribution in [2.75, 3.05) is 19.6 Å². The number of hydrogen-bond acceptors (Lipinski definition) is 2. The Hall–Kier alpha value is -1.35. The average Bonchev–Trinajstić information content (AvgIpc) is 2.47. The van der Waals surface area contributed by atoms with Gasteiger partial charge >= 0.3 is 5.97 Å². The van der Waals surface area contributed by atoms with E-state index in [1.54, 1.807) is 12.1 Å². The Morgan fingerprint density at radius 1 is 1.26 bits per heavy atom. The molecule has 0 aromatic heterocycles. The Morgan fingerprint density at radius 2 is 1.89 bits per heavy atom. The average molecular weight is 259 g/mol. The topological polar surface area (TPSA) is 40.5 Å². The van der Waals surface area contributed by atoms with Crippen LogP contribution in [0.1, 0.15) is 41.6 Å². The van der Waals surface area contributed by atoms with Crippen molar-refractivity contribution in [1.82, 2.24) is 4.90 Å². The maximum absolute atomic E-state index is 10.9. The maximum atomic E-state index is 10.9. The number of fused-ring (bicyclic) bond motifs is 3. The normalized spacial score (nSPS) is 31.1. The van der Waals surface area contributed by atoms with Crippen molar-refractivity contribution in [2.45, 2.75) is 25.7 Å². The predicted molar refractivity (Wildman–Crippen MR) is 74.5 cm³/mol. The molecular weight excluding hydrogens is 238 g/mol. The first-order valence-electron chi connectivity index (χ1n) is 7.21. The minimum absolute atomic E-state index is 0.380. The highest BCUT2D eigenvalue weighted by Crippen LogP contribution is 2.40. The van der Waals surface area contributed by atoms with E-state index in [-0.39, 0.29) is 0 Å². The van der Waals surface area contributed by atoms with Gasteiger partial charge in [0.2, 0.25) is 0 Å². The summed E-state index contributed by atoms with van der Waals surface area (Å²) in [6.07, 6.45) is 2.67. The van der Waals surface area contributed by atoms with Gasteiger partial charge in [0.25, 0.3) is 0 Å². The molecule has 2 bridgehead atoms. The summed E-state index contributed by atoms with van der Waals surface area (Å²) in [6.45, 7) is 6.05. The van der Waals surface area contributed by atoms with Crippen molar-refractivity contribution >= 4 is 5.97 Å². The van der Waals surface area contributed by atoms with Crippen LogP contribution in [0.4, 0.5) is 0 Å². The Bertz CT molecular complexity index is 460. The summed E-state index contributed by atoms with van der Waals surface area (Å²) in [5.74, 6) is 1.27. The van der Waals surface area contributed by atoms with E-state index in [2.05, 4.69) is 11.8 Å². The van der Waals surface area contributed by atoms with Crippen LogP contribution < -0.4 is 0 Å². The molecule has 2 atom stereocenters. The number of rotatable bonds is 3. The molecule has 19 heavy (non-hydrogen) atoms. The first-order chi connectivity index (χ1) is 9.15. The molecule has 0 amide bonds. The Kier molecular flexibility index (Phi) is 3.31. The smallest absolute Gasteiger partial charge is 0.335 e. The molecule has 102 valence electrons. The monoisotopic (exact) mass is 259 g/mol. The van der Waals surface area contributed by atoms with Crippen LogP contribution >= 0.6 is 0 Å². The molecule has 1 N–H and O–H groups in total. The number of hydrogen-bond donors (Lipinski definition) is 1. The van der Waals surface area contributed by atoms with Crippen molar-refractivity contribution < 1.29 is 9.90 Å². The van der Waals surface area contributed by atoms with Crippen LogP contribution in [-0.4, -0.2) is 35.6 Å². The summed E-state index contributed by atoms with van der Waals surface area (Å²) in [7, 11) is 0. The summed E-state index contributed by atoms with van der Waals surface area (Å²) < 4.78 is 0. The number of piperidine rings is 3. The van der Waals surface area contributed by atoms with Gasteiger partial charge in [0.15, 0.2) is 0 Å². The van der Waals surface area contributed by atoms with Crippen molar-refractivity contribution in [3.63, 3.8) is 0 Å². The second-order valence-corrected chi connectivity index (χ2v) is 6.02. The van der Waals surface area contributed by atoms with Gasteiger partial charge in [-0.2, -0.15) is 0 Å². The zero-order valence-electron chi connectivity index (χ0n) is 11.4. The molecular formula is C16H21NO2. The number of nitrogens with zero attached hydrogens (tertiary/aromatic N) is 1. The van der Waals surface area contributed by atoms with Gasteiger partial charge in [-0.25, -0.2) is 4.79 Å². The second-order valence-electron chi connectivity index (χ2n) is 6.02. The van der Waals surface area contributed by atoms with Gasteiger partial charge in [-0.3, -0.25) is 0 Å². The first kappa shape index (κ1) is 12.7. The van der Waals surface area contributed by atoms with Crippen molar-refractivity contribution in [1.29, 1.82) is 0 Å². The van der Waals surface area contributed by atoms with E-state index in [1.165, 1.54) is 38.0 Å². The molecule has 0 saturated carbocycles. The van der Waals surface area contributed by atoms with Crippen LogP contribution in [0, 0.1) is 11.8 Å². The molecule has 1 aromatic carbocycles. The summed E-state index contributed by atoms with van der Waals surface area (Å²) in [4.78, 5) is 13.5. The summed E-state index contributed by atoms with van der Waals surface area (Å²) in [6, 6.07) is 7.45. The molecule has 3 fully saturated rings. The molecule has 3 saturated heterocycles. The third kappa shape index (κ3) is 2.39. The molecule has 4 rings (SSSR count). The fraction of sp³-hybridized carbons (Fsp3) is 0.562. The Balaban J connectivity index is 1.76. The summed E-state index contributed by atoms with van der Waals surface area (Å²) in [5.41, 5.74) is 1.66. The molecule has 3 heteroatoms. The second kappa shape index (κ2) is 4.97.